The van der Waals surface area contributed by atoms with Gasteiger partial charge in [-0.15, -0.1) is 0 Å². The molecule has 0 radical (unpaired) electrons. The molecule has 0 bridgehead atoms. The molecule has 7 nitrogen and oxygen atoms in total. The van der Waals surface area contributed by atoms with E-state index in [4.69, 9.17) is 5.73 Å². The van der Waals surface area contributed by atoms with Crippen LogP contribution in [0.4, 0.5) is 0 Å². The second-order valence-electron chi connectivity index (χ2n) is 6.94. The minimum atomic E-state index is -0.412. The summed E-state index contributed by atoms with van der Waals surface area (Å²) in [4.78, 5) is 24.0. The maximum Gasteiger partial charge on any atom is 0.220 e. The number of aliphatic hydroxyl groups excluding tert-OH is 1. The number of unbranched alkanes of at least 4 members (excludes halogenated alkanes) is 2. The molecule has 1 amide bonds. The molecule has 142 valence electrons. The van der Waals surface area contributed by atoms with Crippen molar-refractivity contribution >= 4 is 12.2 Å². The molecular formula is C17H37N4O3+. The van der Waals surface area contributed by atoms with E-state index in [0.29, 0.717) is 52.1 Å². The SMILES string of the molecule is CC[N+](C)(C)CC(O)CN(CCN)CCNC(=O)CCCCC=O. The summed E-state index contributed by atoms with van der Waals surface area (Å²) < 4.78 is 0.773. The molecule has 0 fully saturated rings. The van der Waals surface area contributed by atoms with Crippen molar-refractivity contribution in [3.63, 3.8) is 0 Å². The van der Waals surface area contributed by atoms with Gasteiger partial charge in [-0.05, 0) is 19.8 Å². The molecule has 0 aromatic rings. The van der Waals surface area contributed by atoms with Gasteiger partial charge in [-0.3, -0.25) is 9.69 Å². The van der Waals surface area contributed by atoms with Crippen molar-refractivity contribution in [2.45, 2.75) is 38.7 Å². The van der Waals surface area contributed by atoms with Crippen molar-refractivity contribution in [1.29, 1.82) is 0 Å². The lowest BCUT2D eigenvalue weighted by atomic mass is 10.2. The highest BCUT2D eigenvalue weighted by Crippen LogP contribution is 2.02. The van der Waals surface area contributed by atoms with Crippen molar-refractivity contribution in [3.8, 4) is 0 Å². The third kappa shape index (κ3) is 12.4. The molecule has 0 spiro atoms. The number of amides is 1. The summed E-state index contributed by atoms with van der Waals surface area (Å²) in [5.74, 6) is 0.0120. The van der Waals surface area contributed by atoms with Crippen LogP contribution < -0.4 is 11.1 Å². The van der Waals surface area contributed by atoms with Gasteiger partial charge in [0.05, 0.1) is 20.6 Å². The molecule has 0 aliphatic rings. The van der Waals surface area contributed by atoms with Crippen LogP contribution in [0.2, 0.25) is 0 Å². The first-order valence-electron chi connectivity index (χ1n) is 8.97. The van der Waals surface area contributed by atoms with Gasteiger partial charge in [0, 0.05) is 45.6 Å². The van der Waals surface area contributed by atoms with Gasteiger partial charge in [0.2, 0.25) is 5.91 Å². The number of hydrogen-bond acceptors (Lipinski definition) is 5. The van der Waals surface area contributed by atoms with Crippen LogP contribution in [0.3, 0.4) is 0 Å². The number of hydrogen-bond donors (Lipinski definition) is 3. The van der Waals surface area contributed by atoms with Crippen molar-refractivity contribution in [1.82, 2.24) is 10.2 Å². The normalized spacial score (nSPS) is 13.1. The fraction of sp³-hybridized carbons (Fsp3) is 0.882. The van der Waals surface area contributed by atoms with Crippen LogP contribution in [-0.4, -0.2) is 92.7 Å². The predicted molar refractivity (Wildman–Crippen MR) is 96.6 cm³/mol. The zero-order valence-corrected chi connectivity index (χ0v) is 15.7. The molecule has 24 heavy (non-hydrogen) atoms. The molecule has 7 heteroatoms. The van der Waals surface area contributed by atoms with Gasteiger partial charge in [-0.1, -0.05) is 0 Å². The molecule has 1 unspecified atom stereocenters. The smallest absolute Gasteiger partial charge is 0.220 e. The zero-order valence-electron chi connectivity index (χ0n) is 15.7. The van der Waals surface area contributed by atoms with Gasteiger partial charge in [0.1, 0.15) is 18.9 Å². The van der Waals surface area contributed by atoms with Crippen LogP contribution in [0.5, 0.6) is 0 Å². The van der Waals surface area contributed by atoms with Crippen molar-refractivity contribution in [2.75, 3.05) is 59.9 Å². The first-order valence-corrected chi connectivity index (χ1v) is 8.97. The van der Waals surface area contributed by atoms with Crippen LogP contribution in [0.25, 0.3) is 0 Å². The fourth-order valence-electron chi connectivity index (χ4n) is 2.49. The van der Waals surface area contributed by atoms with Gasteiger partial charge >= 0.3 is 0 Å². The zero-order chi connectivity index (χ0) is 18.4. The summed E-state index contributed by atoms with van der Waals surface area (Å²) >= 11 is 0. The minimum absolute atomic E-state index is 0.0120. The van der Waals surface area contributed by atoms with Crippen molar-refractivity contribution < 1.29 is 19.2 Å². The quantitative estimate of drug-likeness (QED) is 0.213. The Balaban J connectivity index is 4.06. The highest BCUT2D eigenvalue weighted by atomic mass is 16.3. The minimum Gasteiger partial charge on any atom is -0.386 e. The van der Waals surface area contributed by atoms with E-state index in [9.17, 15) is 14.7 Å². The monoisotopic (exact) mass is 345 g/mol. The molecular weight excluding hydrogens is 308 g/mol. The van der Waals surface area contributed by atoms with Gasteiger partial charge < -0.3 is 25.4 Å². The van der Waals surface area contributed by atoms with Crippen LogP contribution in [-0.2, 0) is 9.59 Å². The Kier molecular flexibility index (Phi) is 12.7. The van der Waals surface area contributed by atoms with Crippen molar-refractivity contribution in [3.05, 3.63) is 0 Å². The van der Waals surface area contributed by atoms with Crippen LogP contribution in [0.15, 0.2) is 0 Å². The van der Waals surface area contributed by atoms with E-state index >= 15 is 0 Å². The summed E-state index contributed by atoms with van der Waals surface area (Å²) in [6, 6.07) is 0. The second kappa shape index (κ2) is 13.3. The Morgan fingerprint density at radius 1 is 1.33 bits per heavy atom. The maximum atomic E-state index is 11.7. The Labute approximate surface area is 146 Å². The molecule has 0 heterocycles. The number of nitrogens with two attached hydrogens (primary N) is 1. The number of nitrogens with one attached hydrogen (secondary N) is 1. The fourth-order valence-corrected chi connectivity index (χ4v) is 2.49. The molecule has 1 atom stereocenters. The average molecular weight is 346 g/mol. The molecule has 0 saturated heterocycles. The lowest BCUT2D eigenvalue weighted by molar-refractivity contribution is -0.891. The molecule has 0 aromatic carbocycles. The highest BCUT2D eigenvalue weighted by Gasteiger charge is 2.20. The molecule has 0 rings (SSSR count). The maximum absolute atomic E-state index is 11.7. The Bertz CT molecular complexity index is 351. The Morgan fingerprint density at radius 2 is 2.04 bits per heavy atom. The lowest BCUT2D eigenvalue weighted by Gasteiger charge is -2.32. The van der Waals surface area contributed by atoms with Gasteiger partial charge in [-0.25, -0.2) is 0 Å². The first-order chi connectivity index (χ1) is 11.3. The van der Waals surface area contributed by atoms with Crippen LogP contribution in [0, 0.1) is 0 Å². The number of nitrogens with zero attached hydrogens (tertiary/aromatic N) is 2. The second-order valence-corrected chi connectivity index (χ2v) is 6.94. The Hall–Kier alpha value is -1.02. The average Bonchev–Trinajstić information content (AvgIpc) is 2.51. The summed E-state index contributed by atoms with van der Waals surface area (Å²) in [5, 5.41) is 13.2. The van der Waals surface area contributed by atoms with Crippen molar-refractivity contribution in [2.24, 2.45) is 5.73 Å². The summed E-state index contributed by atoms with van der Waals surface area (Å²) in [5.41, 5.74) is 5.64. The van der Waals surface area contributed by atoms with Gasteiger partial charge in [0.15, 0.2) is 0 Å². The summed E-state index contributed by atoms with van der Waals surface area (Å²) in [7, 11) is 4.20. The molecule has 0 aliphatic carbocycles. The molecule has 4 N–H and O–H groups in total. The largest absolute Gasteiger partial charge is 0.386 e. The summed E-state index contributed by atoms with van der Waals surface area (Å²) in [6.45, 7) is 6.78. The first kappa shape index (κ1) is 23.0. The van der Waals surface area contributed by atoms with E-state index in [2.05, 4.69) is 31.2 Å². The highest BCUT2D eigenvalue weighted by molar-refractivity contribution is 5.75. The number of quaternary nitrogens is 1. The number of likely N-dealkylation sites (N-methyl/N-ethyl adjacent to an activating group) is 1. The Morgan fingerprint density at radius 3 is 2.62 bits per heavy atom. The third-order valence-electron chi connectivity index (χ3n) is 4.20. The van der Waals surface area contributed by atoms with E-state index in [1.807, 2.05) is 0 Å². The van der Waals surface area contributed by atoms with E-state index in [1.54, 1.807) is 0 Å². The van der Waals surface area contributed by atoms with E-state index in [0.717, 1.165) is 30.2 Å². The summed E-state index contributed by atoms with van der Waals surface area (Å²) in [6.07, 6.45) is 2.93. The number of aliphatic hydroxyl groups is 1. The standard InChI is InChI=1S/C17H36N4O3/c1-4-21(2,3)15-16(23)14-20(11-9-18)12-10-19-17(24)8-6-5-7-13-22/h13,16,23H,4-12,14-15,18H2,1-3H3/p+1. The third-order valence-corrected chi connectivity index (χ3v) is 4.20. The topological polar surface area (TPSA) is 95.7 Å². The van der Waals surface area contributed by atoms with Crippen LogP contribution >= 0.6 is 0 Å². The molecule has 0 aromatic heterocycles. The van der Waals surface area contributed by atoms with Gasteiger partial charge in [0.25, 0.3) is 0 Å². The number of aldehydes is 1. The van der Waals surface area contributed by atoms with E-state index in [-0.39, 0.29) is 5.91 Å². The van der Waals surface area contributed by atoms with Gasteiger partial charge in [-0.2, -0.15) is 0 Å². The van der Waals surface area contributed by atoms with E-state index in [1.165, 1.54) is 0 Å². The predicted octanol–water partition coefficient (Wildman–Crippen LogP) is -0.420. The number of carbonyl (C=O) groups excluding carboxylic acids is 2. The molecule has 0 saturated carbocycles. The van der Waals surface area contributed by atoms with E-state index < -0.39 is 6.10 Å². The van der Waals surface area contributed by atoms with Crippen LogP contribution in [0.1, 0.15) is 32.6 Å². The number of rotatable bonds is 15. The number of carbonyl (C=O) groups is 2. The molecule has 0 aliphatic heterocycles. The lowest BCUT2D eigenvalue weighted by Crippen LogP contribution is -2.49.